The molecule has 2 saturated heterocycles. The number of alkyl carbamates (subject to hydrolysis) is 1. The molecule has 2 heterocycles. The molecule has 3 rings (SSSR count). The van der Waals surface area contributed by atoms with E-state index in [0.29, 0.717) is 12.8 Å². The molecular formula is C9H13NO4. The quantitative estimate of drug-likeness (QED) is 0.661. The molecule has 2 aliphatic heterocycles. The van der Waals surface area contributed by atoms with E-state index < -0.39 is 11.6 Å². The Bertz CT molecular complexity index is 281. The van der Waals surface area contributed by atoms with Crippen LogP contribution in [0.2, 0.25) is 0 Å². The normalized spacial score (nSPS) is 34.2. The molecule has 0 radical (unpaired) electrons. The summed E-state index contributed by atoms with van der Waals surface area (Å²) in [5.74, 6) is -0.347. The van der Waals surface area contributed by atoms with E-state index in [1.54, 1.807) is 13.8 Å². The van der Waals surface area contributed by atoms with Gasteiger partial charge < -0.3 is 14.8 Å². The molecule has 5 heteroatoms. The van der Waals surface area contributed by atoms with Crippen molar-refractivity contribution in [2.45, 2.75) is 44.4 Å². The van der Waals surface area contributed by atoms with E-state index in [4.69, 9.17) is 9.47 Å². The second kappa shape index (κ2) is 2.87. The molecule has 1 amide bonds. The Kier molecular flexibility index (Phi) is 1.90. The lowest BCUT2D eigenvalue weighted by Crippen LogP contribution is -2.70. The van der Waals surface area contributed by atoms with Crippen LogP contribution >= 0.6 is 0 Å². The monoisotopic (exact) mass is 199 g/mol. The molecule has 3 fully saturated rings. The maximum absolute atomic E-state index is 11.6. The van der Waals surface area contributed by atoms with Crippen LogP contribution in [0.15, 0.2) is 0 Å². The van der Waals surface area contributed by atoms with Crippen molar-refractivity contribution in [1.29, 1.82) is 0 Å². The van der Waals surface area contributed by atoms with E-state index in [1.165, 1.54) is 0 Å². The zero-order valence-corrected chi connectivity index (χ0v) is 8.20. The predicted octanol–water partition coefficient (Wildman–Crippen LogP) is 0.579. The summed E-state index contributed by atoms with van der Waals surface area (Å²) in [5, 5.41) is 2.53. The number of nitrogens with one attached hydrogen (secondary N) is 1. The van der Waals surface area contributed by atoms with Gasteiger partial charge in [0, 0.05) is 12.8 Å². The number of rotatable bonds is 2. The highest BCUT2D eigenvalue weighted by atomic mass is 16.6. The minimum atomic E-state index is -0.801. The first-order valence-electron chi connectivity index (χ1n) is 4.72. The Morgan fingerprint density at radius 1 is 1.64 bits per heavy atom. The smallest absolute Gasteiger partial charge is 0.408 e. The van der Waals surface area contributed by atoms with Gasteiger partial charge in [-0.15, -0.1) is 0 Å². The van der Waals surface area contributed by atoms with Gasteiger partial charge in [0.1, 0.15) is 11.6 Å². The maximum Gasteiger partial charge on any atom is 0.408 e. The van der Waals surface area contributed by atoms with Gasteiger partial charge in [0.05, 0.1) is 6.10 Å². The molecule has 0 aromatic rings. The van der Waals surface area contributed by atoms with Gasteiger partial charge in [-0.3, -0.25) is 0 Å². The molecule has 0 unspecified atom stereocenters. The summed E-state index contributed by atoms with van der Waals surface area (Å²) in [4.78, 5) is 22.6. The second-order valence-electron chi connectivity index (χ2n) is 4.10. The van der Waals surface area contributed by atoms with E-state index in [0.717, 1.165) is 0 Å². The van der Waals surface area contributed by atoms with Gasteiger partial charge in [-0.05, 0) is 13.8 Å². The number of carbonyl (C=O) groups excluding carboxylic acids is 2. The number of ether oxygens (including phenoxy) is 2. The van der Waals surface area contributed by atoms with Gasteiger partial charge in [-0.25, -0.2) is 9.59 Å². The Morgan fingerprint density at radius 3 is 2.79 bits per heavy atom. The summed E-state index contributed by atoms with van der Waals surface area (Å²) in [6.07, 6.45) is 0.279. The number of carbonyl (C=O) groups is 2. The number of amides is 1. The fourth-order valence-electron chi connectivity index (χ4n) is 1.82. The van der Waals surface area contributed by atoms with Crippen LogP contribution in [0, 0.1) is 0 Å². The second-order valence-corrected chi connectivity index (χ2v) is 4.10. The molecule has 5 nitrogen and oxygen atoms in total. The van der Waals surface area contributed by atoms with Crippen molar-refractivity contribution in [3.63, 3.8) is 0 Å². The van der Waals surface area contributed by atoms with Crippen LogP contribution in [0.5, 0.6) is 0 Å². The molecule has 0 aromatic carbocycles. The van der Waals surface area contributed by atoms with E-state index in [2.05, 4.69) is 5.32 Å². The predicted molar refractivity (Wildman–Crippen MR) is 46.6 cm³/mol. The summed E-state index contributed by atoms with van der Waals surface area (Å²) in [6, 6.07) is 0. The average molecular weight is 199 g/mol. The van der Waals surface area contributed by atoms with Gasteiger partial charge in [-0.2, -0.15) is 0 Å². The molecule has 1 saturated carbocycles. The van der Waals surface area contributed by atoms with E-state index >= 15 is 0 Å². The molecule has 1 aliphatic carbocycles. The Balaban J connectivity index is 2.03. The van der Waals surface area contributed by atoms with Crippen molar-refractivity contribution in [1.82, 2.24) is 5.32 Å². The van der Waals surface area contributed by atoms with Gasteiger partial charge in [0.2, 0.25) is 0 Å². The van der Waals surface area contributed by atoms with E-state index in [1.807, 2.05) is 0 Å². The van der Waals surface area contributed by atoms with Gasteiger partial charge in [-0.1, -0.05) is 0 Å². The fourth-order valence-corrected chi connectivity index (χ4v) is 1.82. The Hall–Kier alpha value is -1.26. The fraction of sp³-hybridized carbons (Fsp3) is 0.778. The van der Waals surface area contributed by atoms with Gasteiger partial charge >= 0.3 is 12.1 Å². The highest BCUT2D eigenvalue weighted by Crippen LogP contribution is 2.39. The average Bonchev–Trinajstić information content (AvgIpc) is 1.99. The van der Waals surface area contributed by atoms with E-state index in [-0.39, 0.29) is 18.2 Å². The molecule has 14 heavy (non-hydrogen) atoms. The SMILES string of the molecule is CC(C)OC(=O)C12CC(C1)OC(=O)N2. The lowest BCUT2D eigenvalue weighted by Gasteiger charge is -2.49. The highest BCUT2D eigenvalue weighted by molar-refractivity contribution is 5.89. The number of fused-ring (bicyclic) bond motifs is 2. The minimum absolute atomic E-state index is 0.108. The van der Waals surface area contributed by atoms with E-state index in [9.17, 15) is 9.59 Å². The van der Waals surface area contributed by atoms with Crippen LogP contribution < -0.4 is 5.32 Å². The van der Waals surface area contributed by atoms with Crippen molar-refractivity contribution < 1.29 is 19.1 Å². The summed E-state index contributed by atoms with van der Waals surface area (Å²) in [7, 11) is 0. The third kappa shape index (κ3) is 1.32. The lowest BCUT2D eigenvalue weighted by molar-refractivity contribution is -0.170. The summed E-state index contributed by atoms with van der Waals surface area (Å²) >= 11 is 0. The van der Waals surface area contributed by atoms with Crippen LogP contribution in [0.4, 0.5) is 4.79 Å². The molecule has 2 bridgehead atoms. The van der Waals surface area contributed by atoms with Crippen molar-refractivity contribution in [3.8, 4) is 0 Å². The summed E-state index contributed by atoms with van der Waals surface area (Å²) in [5.41, 5.74) is -0.801. The standard InChI is InChI=1S/C9H13NO4/c1-5(2)13-7(11)9-3-6(4-9)14-8(12)10-9/h5-6H,3-4H2,1-2H3,(H,10,12). The number of esters is 1. The molecular weight excluding hydrogens is 186 g/mol. The van der Waals surface area contributed by atoms with Crippen molar-refractivity contribution >= 4 is 12.1 Å². The largest absolute Gasteiger partial charge is 0.461 e. The first-order chi connectivity index (χ1) is 6.52. The first-order valence-corrected chi connectivity index (χ1v) is 4.72. The minimum Gasteiger partial charge on any atom is -0.461 e. The Labute approximate surface area is 81.7 Å². The maximum atomic E-state index is 11.6. The molecule has 0 spiro atoms. The molecule has 0 atom stereocenters. The number of hydrogen-bond donors (Lipinski definition) is 1. The first kappa shape index (κ1) is 9.30. The van der Waals surface area contributed by atoms with Gasteiger partial charge in [0.25, 0.3) is 0 Å². The zero-order chi connectivity index (χ0) is 10.3. The van der Waals surface area contributed by atoms with Crippen molar-refractivity contribution in [3.05, 3.63) is 0 Å². The topological polar surface area (TPSA) is 64.6 Å². The third-order valence-corrected chi connectivity index (χ3v) is 2.50. The number of hydrogen-bond acceptors (Lipinski definition) is 4. The van der Waals surface area contributed by atoms with Crippen LogP contribution in [-0.2, 0) is 14.3 Å². The van der Waals surface area contributed by atoms with Crippen LogP contribution in [-0.4, -0.2) is 29.8 Å². The third-order valence-electron chi connectivity index (χ3n) is 2.50. The van der Waals surface area contributed by atoms with Crippen LogP contribution in [0.3, 0.4) is 0 Å². The Morgan fingerprint density at radius 2 is 2.29 bits per heavy atom. The highest BCUT2D eigenvalue weighted by Gasteiger charge is 2.58. The van der Waals surface area contributed by atoms with Crippen LogP contribution in [0.25, 0.3) is 0 Å². The zero-order valence-electron chi connectivity index (χ0n) is 8.20. The van der Waals surface area contributed by atoms with Gasteiger partial charge in [0.15, 0.2) is 0 Å². The molecule has 0 aromatic heterocycles. The molecule has 3 aliphatic rings. The van der Waals surface area contributed by atoms with Crippen LogP contribution in [0.1, 0.15) is 26.7 Å². The summed E-state index contributed by atoms with van der Waals surface area (Å²) < 4.78 is 9.94. The lowest BCUT2D eigenvalue weighted by atomic mass is 9.73. The molecule has 78 valence electrons. The van der Waals surface area contributed by atoms with Crippen molar-refractivity contribution in [2.75, 3.05) is 0 Å². The molecule has 1 N–H and O–H groups in total. The summed E-state index contributed by atoms with van der Waals surface area (Å²) in [6.45, 7) is 3.57. The van der Waals surface area contributed by atoms with Crippen molar-refractivity contribution in [2.24, 2.45) is 0 Å².